The summed E-state index contributed by atoms with van der Waals surface area (Å²) in [7, 11) is 5.16. The van der Waals surface area contributed by atoms with Gasteiger partial charge in [0.25, 0.3) is 5.91 Å². The molecule has 0 fully saturated rings. The number of rotatable bonds is 6. The van der Waals surface area contributed by atoms with E-state index >= 15 is 0 Å². The number of primary amides is 1. The molecule has 1 amide bonds. The minimum atomic E-state index is -0.661. The van der Waals surface area contributed by atoms with E-state index in [9.17, 15) is 9.59 Å². The normalized spacial score (nSPS) is 12.2. The molecule has 1 atom stereocenters. The van der Waals surface area contributed by atoms with Crippen LogP contribution in [0.2, 0.25) is 0 Å². The Kier molecular flexibility index (Phi) is 5.34. The largest absolute Gasteiger partial charge is 0.465 e. The number of carbonyl (C=O) groups excluding carboxylic acids is 2. The van der Waals surface area contributed by atoms with Crippen molar-refractivity contribution < 1.29 is 14.3 Å². The van der Waals surface area contributed by atoms with Gasteiger partial charge in [0.15, 0.2) is 0 Å². The highest BCUT2D eigenvalue weighted by atomic mass is 32.1. The van der Waals surface area contributed by atoms with Gasteiger partial charge >= 0.3 is 5.97 Å². The second-order valence-electron chi connectivity index (χ2n) is 4.60. The van der Waals surface area contributed by atoms with Crippen molar-refractivity contribution in [3.63, 3.8) is 0 Å². The van der Waals surface area contributed by atoms with Gasteiger partial charge in [0.05, 0.1) is 12.8 Å². The van der Waals surface area contributed by atoms with Crippen molar-refractivity contribution in [2.24, 2.45) is 5.73 Å². The summed E-state index contributed by atoms with van der Waals surface area (Å²) in [6, 6.07) is 0.237. The number of nitrogens with one attached hydrogen (secondary N) is 1. The fourth-order valence-electron chi connectivity index (χ4n) is 1.48. The van der Waals surface area contributed by atoms with Crippen LogP contribution in [0.25, 0.3) is 0 Å². The van der Waals surface area contributed by atoms with Crippen molar-refractivity contribution in [1.29, 1.82) is 0 Å². The number of anilines is 2. The third-order valence-electron chi connectivity index (χ3n) is 3.00. The number of amides is 1. The highest BCUT2D eigenvalue weighted by Crippen LogP contribution is 2.35. The van der Waals surface area contributed by atoms with Crippen LogP contribution in [0.5, 0.6) is 0 Å². The molecule has 7 nitrogen and oxygen atoms in total. The third-order valence-corrected chi connectivity index (χ3v) is 4.18. The zero-order valence-corrected chi connectivity index (χ0v) is 12.8. The number of nitrogen functional groups attached to an aromatic ring is 1. The Labute approximate surface area is 121 Å². The van der Waals surface area contributed by atoms with E-state index in [4.69, 9.17) is 16.2 Å². The second-order valence-corrected chi connectivity index (χ2v) is 5.62. The Morgan fingerprint density at radius 1 is 1.45 bits per heavy atom. The van der Waals surface area contributed by atoms with Gasteiger partial charge in [0.2, 0.25) is 0 Å². The molecule has 5 N–H and O–H groups in total. The minimum absolute atomic E-state index is 0.0642. The van der Waals surface area contributed by atoms with Gasteiger partial charge in [-0.2, -0.15) is 0 Å². The zero-order chi connectivity index (χ0) is 15.4. The highest BCUT2D eigenvalue weighted by molar-refractivity contribution is 7.19. The Morgan fingerprint density at radius 2 is 2.05 bits per heavy atom. The van der Waals surface area contributed by atoms with E-state index in [2.05, 4.69) is 5.32 Å². The fourth-order valence-corrected chi connectivity index (χ4v) is 2.45. The average Bonchev–Trinajstić information content (AvgIpc) is 2.72. The first-order valence-electron chi connectivity index (χ1n) is 6.00. The number of hydrogen-bond acceptors (Lipinski definition) is 7. The summed E-state index contributed by atoms with van der Waals surface area (Å²) < 4.78 is 4.69. The van der Waals surface area contributed by atoms with Gasteiger partial charge in [-0.15, -0.1) is 11.3 Å². The third kappa shape index (κ3) is 3.40. The van der Waals surface area contributed by atoms with Gasteiger partial charge in [0.1, 0.15) is 15.4 Å². The molecule has 0 saturated carbocycles. The molecule has 112 valence electrons. The maximum atomic E-state index is 11.8. The van der Waals surface area contributed by atoms with Crippen LogP contribution in [0, 0.1) is 0 Å². The molecule has 0 aliphatic rings. The second kappa shape index (κ2) is 6.58. The Balaban J connectivity index is 3.08. The van der Waals surface area contributed by atoms with Gasteiger partial charge in [-0.3, -0.25) is 4.79 Å². The van der Waals surface area contributed by atoms with Crippen molar-refractivity contribution in [2.45, 2.75) is 13.0 Å². The van der Waals surface area contributed by atoms with Crippen LogP contribution in [0.3, 0.4) is 0 Å². The van der Waals surface area contributed by atoms with Gasteiger partial charge in [0, 0.05) is 12.6 Å². The maximum absolute atomic E-state index is 11.8. The predicted molar refractivity (Wildman–Crippen MR) is 80.2 cm³/mol. The Bertz CT molecular complexity index is 513. The number of hydrogen-bond donors (Lipinski definition) is 3. The summed E-state index contributed by atoms with van der Waals surface area (Å²) >= 11 is 1.06. The van der Waals surface area contributed by atoms with E-state index < -0.39 is 11.9 Å². The zero-order valence-electron chi connectivity index (χ0n) is 12.0. The quantitative estimate of drug-likeness (QED) is 0.663. The number of esters is 1. The van der Waals surface area contributed by atoms with Crippen LogP contribution in [0.4, 0.5) is 10.7 Å². The summed E-state index contributed by atoms with van der Waals surface area (Å²) in [6.45, 7) is 2.62. The van der Waals surface area contributed by atoms with Crippen LogP contribution >= 0.6 is 11.3 Å². The molecule has 20 heavy (non-hydrogen) atoms. The van der Waals surface area contributed by atoms with Crippen LogP contribution in [-0.4, -0.2) is 50.6 Å². The summed E-state index contributed by atoms with van der Waals surface area (Å²) in [6.07, 6.45) is 0. The average molecular weight is 300 g/mol. The van der Waals surface area contributed by atoms with Crippen LogP contribution in [0.15, 0.2) is 0 Å². The number of likely N-dealkylation sites (N-methyl/N-ethyl adjacent to an activating group) is 1. The molecule has 0 aliphatic carbocycles. The topological polar surface area (TPSA) is 111 Å². The molecule has 1 rings (SSSR count). The lowest BCUT2D eigenvalue weighted by Crippen LogP contribution is -2.31. The first kappa shape index (κ1) is 16.3. The smallest absolute Gasteiger partial charge is 0.343 e. The molecule has 0 spiro atoms. The minimum Gasteiger partial charge on any atom is -0.465 e. The number of nitrogens with zero attached hydrogens (tertiary/aromatic N) is 1. The molecule has 1 heterocycles. The van der Waals surface area contributed by atoms with Gasteiger partial charge < -0.3 is 26.4 Å². The number of nitrogens with two attached hydrogens (primary N) is 2. The monoisotopic (exact) mass is 300 g/mol. The molecule has 8 heteroatoms. The number of ether oxygens (including phenoxy) is 1. The summed E-state index contributed by atoms with van der Waals surface area (Å²) in [4.78, 5) is 25.3. The lowest BCUT2D eigenvalue weighted by molar-refractivity contribution is 0.0603. The van der Waals surface area contributed by atoms with Crippen LogP contribution < -0.4 is 16.8 Å². The summed E-state index contributed by atoms with van der Waals surface area (Å²) in [5, 5.41) is 3.61. The molecular weight excluding hydrogens is 280 g/mol. The van der Waals surface area contributed by atoms with E-state index in [0.29, 0.717) is 11.5 Å². The maximum Gasteiger partial charge on any atom is 0.343 e. The number of carbonyl (C=O) groups is 2. The molecular formula is C12H20N4O3S. The fraction of sp³-hybridized carbons (Fsp3) is 0.500. The van der Waals surface area contributed by atoms with Crippen LogP contribution in [0.1, 0.15) is 27.0 Å². The van der Waals surface area contributed by atoms with E-state index in [0.717, 1.165) is 11.3 Å². The van der Waals surface area contributed by atoms with Gasteiger partial charge in [-0.05, 0) is 21.0 Å². The molecule has 1 aromatic rings. The summed E-state index contributed by atoms with van der Waals surface area (Å²) in [5.41, 5.74) is 11.3. The summed E-state index contributed by atoms with van der Waals surface area (Å²) in [5.74, 6) is -1.25. The molecule has 1 unspecified atom stereocenters. The van der Waals surface area contributed by atoms with E-state index in [1.807, 2.05) is 25.9 Å². The molecule has 0 aliphatic heterocycles. The highest BCUT2D eigenvalue weighted by Gasteiger charge is 2.25. The Morgan fingerprint density at radius 3 is 2.50 bits per heavy atom. The van der Waals surface area contributed by atoms with E-state index in [-0.39, 0.29) is 22.2 Å². The van der Waals surface area contributed by atoms with Crippen molar-refractivity contribution in [2.75, 3.05) is 38.8 Å². The first-order chi connectivity index (χ1) is 9.29. The van der Waals surface area contributed by atoms with Crippen molar-refractivity contribution in [3.8, 4) is 0 Å². The number of thiophene rings is 1. The van der Waals surface area contributed by atoms with Gasteiger partial charge in [-0.25, -0.2) is 4.79 Å². The first-order valence-corrected chi connectivity index (χ1v) is 6.81. The standard InChI is InChI=1S/C12H20N4O3S/c1-6(16(2)3)5-15-11-7(12(18)19-4)8(13)9(20-11)10(14)17/h6,15H,5,13H2,1-4H3,(H2,14,17). The van der Waals surface area contributed by atoms with Crippen molar-refractivity contribution in [1.82, 2.24) is 4.90 Å². The number of methoxy groups -OCH3 is 1. The lowest BCUT2D eigenvalue weighted by Gasteiger charge is -2.20. The molecule has 1 aromatic heterocycles. The van der Waals surface area contributed by atoms with Gasteiger partial charge in [-0.1, -0.05) is 0 Å². The van der Waals surface area contributed by atoms with Crippen LogP contribution in [-0.2, 0) is 4.74 Å². The molecule has 0 saturated heterocycles. The molecule has 0 bridgehead atoms. The molecule has 0 aromatic carbocycles. The van der Waals surface area contributed by atoms with Crippen molar-refractivity contribution >= 4 is 33.9 Å². The van der Waals surface area contributed by atoms with E-state index in [1.165, 1.54) is 7.11 Å². The van der Waals surface area contributed by atoms with E-state index in [1.54, 1.807) is 0 Å². The molecule has 0 radical (unpaired) electrons. The Hall–Kier alpha value is -1.80. The lowest BCUT2D eigenvalue weighted by atomic mass is 10.2. The SMILES string of the molecule is COC(=O)c1c(NCC(C)N(C)C)sc(C(N)=O)c1N. The predicted octanol–water partition coefficient (Wildman–Crippen LogP) is 0.578. The van der Waals surface area contributed by atoms with Crippen molar-refractivity contribution in [3.05, 3.63) is 10.4 Å².